The number of halogens is 1. The second-order valence-corrected chi connectivity index (χ2v) is 5.73. The molecule has 0 aromatic rings. The number of likely N-dealkylation sites (tertiary alicyclic amines) is 1. The second-order valence-electron chi connectivity index (χ2n) is 5.73. The van der Waals surface area contributed by atoms with Crippen molar-refractivity contribution in [1.82, 2.24) is 10.2 Å². The van der Waals surface area contributed by atoms with E-state index in [-0.39, 0.29) is 11.8 Å². The zero-order chi connectivity index (χ0) is 12.5. The van der Waals surface area contributed by atoms with Crippen LogP contribution in [-0.2, 0) is 9.53 Å². The number of nitrogens with zero attached hydrogens (tertiary/aromatic N) is 1. The van der Waals surface area contributed by atoms with E-state index in [2.05, 4.69) is 5.32 Å². The molecule has 3 rings (SSSR count). The van der Waals surface area contributed by atoms with Gasteiger partial charge in [-0.1, -0.05) is 0 Å². The van der Waals surface area contributed by atoms with Gasteiger partial charge in [0.25, 0.3) is 0 Å². The van der Waals surface area contributed by atoms with Gasteiger partial charge in [-0.25, -0.2) is 4.39 Å². The minimum atomic E-state index is -0.724. The van der Waals surface area contributed by atoms with Crippen molar-refractivity contribution in [3.05, 3.63) is 0 Å². The van der Waals surface area contributed by atoms with Gasteiger partial charge in [0, 0.05) is 19.6 Å². The van der Waals surface area contributed by atoms with Gasteiger partial charge >= 0.3 is 0 Å². The molecule has 0 bridgehead atoms. The highest BCUT2D eigenvalue weighted by molar-refractivity contribution is 5.79. The van der Waals surface area contributed by atoms with Crippen LogP contribution >= 0.6 is 0 Å². The SMILES string of the molecule is O=C([C@H]1COC[C@H]2CNC[C@H]21)N1CCC(F)CC1. The Morgan fingerprint density at radius 2 is 2.00 bits per heavy atom. The summed E-state index contributed by atoms with van der Waals surface area (Å²) in [5, 5.41) is 3.35. The molecule has 0 aliphatic carbocycles. The number of hydrogen-bond donors (Lipinski definition) is 1. The van der Waals surface area contributed by atoms with E-state index < -0.39 is 6.17 Å². The summed E-state index contributed by atoms with van der Waals surface area (Å²) < 4.78 is 18.7. The van der Waals surface area contributed by atoms with E-state index in [0.717, 1.165) is 19.7 Å². The van der Waals surface area contributed by atoms with Gasteiger partial charge in [0.1, 0.15) is 6.17 Å². The van der Waals surface area contributed by atoms with Gasteiger partial charge in [-0.15, -0.1) is 0 Å². The van der Waals surface area contributed by atoms with Crippen LogP contribution in [0, 0.1) is 17.8 Å². The fraction of sp³-hybridized carbons (Fsp3) is 0.923. The normalized spacial score (nSPS) is 37.6. The molecule has 3 heterocycles. The Morgan fingerprint density at radius 1 is 1.22 bits per heavy atom. The number of carbonyl (C=O) groups is 1. The Bertz CT molecular complexity index is 318. The molecule has 18 heavy (non-hydrogen) atoms. The van der Waals surface area contributed by atoms with Crippen LogP contribution in [0.25, 0.3) is 0 Å². The predicted molar refractivity (Wildman–Crippen MR) is 64.9 cm³/mol. The van der Waals surface area contributed by atoms with E-state index >= 15 is 0 Å². The van der Waals surface area contributed by atoms with Gasteiger partial charge < -0.3 is 15.0 Å². The van der Waals surface area contributed by atoms with Crippen molar-refractivity contribution in [1.29, 1.82) is 0 Å². The van der Waals surface area contributed by atoms with E-state index in [0.29, 0.717) is 44.4 Å². The van der Waals surface area contributed by atoms with Gasteiger partial charge in [-0.2, -0.15) is 0 Å². The second kappa shape index (κ2) is 5.13. The Hall–Kier alpha value is -0.680. The van der Waals surface area contributed by atoms with Gasteiger partial charge in [-0.3, -0.25) is 4.79 Å². The minimum Gasteiger partial charge on any atom is -0.380 e. The number of alkyl halides is 1. The maximum Gasteiger partial charge on any atom is 0.228 e. The highest BCUT2D eigenvalue weighted by atomic mass is 19.1. The molecule has 1 amide bonds. The number of fused-ring (bicyclic) bond motifs is 1. The fourth-order valence-electron chi connectivity index (χ4n) is 3.43. The van der Waals surface area contributed by atoms with E-state index in [1.165, 1.54) is 0 Å². The third-order valence-electron chi connectivity index (χ3n) is 4.59. The molecule has 5 heteroatoms. The molecule has 0 aromatic heterocycles. The Morgan fingerprint density at radius 3 is 2.78 bits per heavy atom. The number of hydrogen-bond acceptors (Lipinski definition) is 3. The summed E-state index contributed by atoms with van der Waals surface area (Å²) in [6.45, 7) is 4.33. The molecule has 0 radical (unpaired) electrons. The molecule has 102 valence electrons. The van der Waals surface area contributed by atoms with Crippen LogP contribution in [0.3, 0.4) is 0 Å². The van der Waals surface area contributed by atoms with E-state index in [1.807, 2.05) is 4.90 Å². The molecule has 3 atom stereocenters. The Kier molecular flexibility index (Phi) is 3.52. The third kappa shape index (κ3) is 2.26. The van der Waals surface area contributed by atoms with Gasteiger partial charge in [0.2, 0.25) is 5.91 Å². The molecule has 3 aliphatic heterocycles. The lowest BCUT2D eigenvalue weighted by atomic mass is 9.81. The third-order valence-corrected chi connectivity index (χ3v) is 4.59. The molecule has 0 saturated carbocycles. The molecule has 3 fully saturated rings. The monoisotopic (exact) mass is 256 g/mol. The minimum absolute atomic E-state index is 0.0186. The standard InChI is InChI=1S/C13H21FN2O2/c14-10-1-3-16(4-2-10)13(17)12-8-18-7-9-5-15-6-11(9)12/h9-12,15H,1-8H2/t9-,11-,12+/m1/s1. The molecule has 3 saturated heterocycles. The summed E-state index contributed by atoms with van der Waals surface area (Å²) in [5.41, 5.74) is 0. The van der Waals surface area contributed by atoms with Crippen LogP contribution < -0.4 is 5.32 Å². The summed E-state index contributed by atoms with van der Waals surface area (Å²) in [5.74, 6) is 1.05. The Balaban J connectivity index is 1.64. The zero-order valence-electron chi connectivity index (χ0n) is 10.6. The first-order chi connectivity index (χ1) is 8.75. The summed E-state index contributed by atoms with van der Waals surface area (Å²) in [6.07, 6.45) is 0.259. The van der Waals surface area contributed by atoms with Crippen molar-refractivity contribution in [3.8, 4) is 0 Å². The van der Waals surface area contributed by atoms with Crippen LogP contribution in [0.15, 0.2) is 0 Å². The van der Waals surface area contributed by atoms with E-state index in [4.69, 9.17) is 4.74 Å². The average Bonchev–Trinajstić information content (AvgIpc) is 2.87. The number of ether oxygens (including phenoxy) is 1. The van der Waals surface area contributed by atoms with Crippen molar-refractivity contribution in [2.24, 2.45) is 17.8 Å². The molecule has 0 unspecified atom stereocenters. The van der Waals surface area contributed by atoms with Crippen molar-refractivity contribution in [3.63, 3.8) is 0 Å². The lowest BCUT2D eigenvalue weighted by Crippen LogP contribution is -2.48. The van der Waals surface area contributed by atoms with Crippen molar-refractivity contribution >= 4 is 5.91 Å². The number of piperidine rings is 1. The van der Waals surface area contributed by atoms with Crippen LogP contribution in [0.1, 0.15) is 12.8 Å². The van der Waals surface area contributed by atoms with Gasteiger partial charge in [0.05, 0.1) is 19.1 Å². The summed E-state index contributed by atoms with van der Waals surface area (Å²) in [6, 6.07) is 0. The molecular formula is C13H21FN2O2. The molecular weight excluding hydrogens is 235 g/mol. The van der Waals surface area contributed by atoms with Crippen LogP contribution in [0.5, 0.6) is 0 Å². The highest BCUT2D eigenvalue weighted by Crippen LogP contribution is 2.32. The number of amides is 1. The Labute approximate surface area is 107 Å². The van der Waals surface area contributed by atoms with E-state index in [9.17, 15) is 9.18 Å². The average molecular weight is 256 g/mol. The molecule has 1 N–H and O–H groups in total. The van der Waals surface area contributed by atoms with Gasteiger partial charge in [0.15, 0.2) is 0 Å². The van der Waals surface area contributed by atoms with Gasteiger partial charge in [-0.05, 0) is 31.2 Å². The molecule has 3 aliphatic rings. The largest absolute Gasteiger partial charge is 0.380 e. The predicted octanol–water partition coefficient (Wildman–Crippen LogP) is 0.429. The van der Waals surface area contributed by atoms with E-state index in [1.54, 1.807) is 0 Å². The first-order valence-corrected chi connectivity index (χ1v) is 6.97. The molecule has 0 spiro atoms. The maximum atomic E-state index is 13.1. The summed E-state index contributed by atoms with van der Waals surface area (Å²) in [7, 11) is 0. The van der Waals surface area contributed by atoms with Crippen LogP contribution in [0.4, 0.5) is 4.39 Å². The summed E-state index contributed by atoms with van der Waals surface area (Å²) in [4.78, 5) is 14.3. The number of nitrogens with one attached hydrogen (secondary N) is 1. The lowest BCUT2D eigenvalue weighted by Gasteiger charge is -2.37. The molecule has 0 aromatic carbocycles. The van der Waals surface area contributed by atoms with Crippen molar-refractivity contribution in [2.45, 2.75) is 19.0 Å². The van der Waals surface area contributed by atoms with Crippen molar-refractivity contribution in [2.75, 3.05) is 39.4 Å². The van der Waals surface area contributed by atoms with Crippen LogP contribution in [-0.4, -0.2) is 56.4 Å². The lowest BCUT2D eigenvalue weighted by molar-refractivity contribution is -0.145. The number of carbonyl (C=O) groups excluding carboxylic acids is 1. The zero-order valence-corrected chi connectivity index (χ0v) is 10.6. The quantitative estimate of drug-likeness (QED) is 0.739. The number of rotatable bonds is 1. The molecule has 4 nitrogen and oxygen atoms in total. The summed E-state index contributed by atoms with van der Waals surface area (Å²) >= 11 is 0. The topological polar surface area (TPSA) is 41.6 Å². The maximum absolute atomic E-state index is 13.1. The van der Waals surface area contributed by atoms with Crippen LogP contribution in [0.2, 0.25) is 0 Å². The highest BCUT2D eigenvalue weighted by Gasteiger charge is 2.42. The first-order valence-electron chi connectivity index (χ1n) is 6.97. The van der Waals surface area contributed by atoms with Crippen molar-refractivity contribution < 1.29 is 13.9 Å². The first kappa shape index (κ1) is 12.4. The fourth-order valence-corrected chi connectivity index (χ4v) is 3.43. The smallest absolute Gasteiger partial charge is 0.228 e.